The molecule has 0 amide bonds. The van der Waals surface area contributed by atoms with E-state index in [1.54, 1.807) is 0 Å². The minimum Gasteiger partial charge on any atom is -0.390 e. The van der Waals surface area contributed by atoms with E-state index in [0.29, 0.717) is 0 Å². The summed E-state index contributed by atoms with van der Waals surface area (Å²) in [5.41, 5.74) is 0. The Kier molecular flexibility index (Phi) is 12.2. The number of rotatable bonds is 2. The molecule has 0 saturated carbocycles. The van der Waals surface area contributed by atoms with Crippen molar-refractivity contribution in [2.75, 3.05) is 0 Å². The van der Waals surface area contributed by atoms with Gasteiger partial charge in [0, 0.05) is 31.6 Å². The average Bonchev–Trinajstić information content (AvgIpc) is 1.86. The summed E-state index contributed by atoms with van der Waals surface area (Å²) in [6, 6.07) is 0.153. The van der Waals surface area contributed by atoms with Crippen LogP contribution in [0.25, 0.3) is 0 Å². The van der Waals surface area contributed by atoms with Crippen LogP contribution >= 0.6 is 0 Å². The molecule has 0 aromatic carbocycles. The van der Waals surface area contributed by atoms with Gasteiger partial charge in [-0.1, -0.05) is 13.8 Å². The molecule has 6 N–H and O–H groups in total. The second-order valence-electron chi connectivity index (χ2n) is 2.26. The minimum atomic E-state index is -3.63. The van der Waals surface area contributed by atoms with E-state index in [-0.39, 0.29) is 31.6 Å². The van der Waals surface area contributed by atoms with Crippen molar-refractivity contribution >= 4 is 17.6 Å². The summed E-state index contributed by atoms with van der Waals surface area (Å²) < 4.78 is 0. The van der Waals surface area contributed by atoms with Gasteiger partial charge in [0.15, 0.2) is 0 Å². The van der Waals surface area contributed by atoms with Crippen LogP contribution in [0.4, 0.5) is 0 Å². The molecule has 9 heteroatoms. The minimum absolute atomic E-state index is 0. The zero-order valence-corrected chi connectivity index (χ0v) is 12.8. The summed E-state index contributed by atoms with van der Waals surface area (Å²) >= 11 is 0. The monoisotopic (exact) mass is 280 g/mol. The van der Waals surface area contributed by atoms with E-state index in [1.165, 1.54) is 13.8 Å². The predicted octanol–water partition coefficient (Wildman–Crippen LogP) is -2.16. The first-order valence-electron chi connectivity index (χ1n) is 3.46. The smallest absolute Gasteiger partial charge is 0.390 e. The van der Waals surface area contributed by atoms with Crippen molar-refractivity contribution in [2.24, 2.45) is 0 Å². The Bertz CT molecular complexity index is 96.2. The largest absolute Gasteiger partial charge is 0.492 e. The SMILES string of the molecule is CC[Si](O)(O)O.CC[Si](O)(O)O.[Zn]. The van der Waals surface area contributed by atoms with Crippen molar-refractivity contribution in [3.63, 3.8) is 0 Å². The third-order valence-electron chi connectivity index (χ3n) is 0.949. The summed E-state index contributed by atoms with van der Waals surface area (Å²) in [4.78, 5) is 48.5. The molecule has 0 aromatic rings. The standard InChI is InChI=1S/2C2H8O3Si.Zn/c2*1-2-6(3,4)5;/h2*3-5H,2H2,1H3;. The average molecular weight is 282 g/mol. The van der Waals surface area contributed by atoms with Crippen LogP contribution in [0.15, 0.2) is 0 Å². The van der Waals surface area contributed by atoms with Crippen LogP contribution in [0.2, 0.25) is 12.1 Å². The van der Waals surface area contributed by atoms with Gasteiger partial charge in [0.05, 0.1) is 0 Å². The Morgan fingerprint density at radius 1 is 0.692 bits per heavy atom. The van der Waals surface area contributed by atoms with Crippen LogP contribution in [0.1, 0.15) is 13.8 Å². The van der Waals surface area contributed by atoms with Crippen LogP contribution < -0.4 is 0 Å². The molecule has 0 fully saturated rings. The Morgan fingerprint density at radius 3 is 0.769 bits per heavy atom. The maximum atomic E-state index is 8.08. The van der Waals surface area contributed by atoms with Crippen LogP contribution in [0.3, 0.4) is 0 Å². The normalized spacial score (nSPS) is 11.1. The van der Waals surface area contributed by atoms with Gasteiger partial charge < -0.3 is 28.8 Å². The molecule has 78 valence electrons. The quantitative estimate of drug-likeness (QED) is 0.321. The zero-order chi connectivity index (χ0) is 10.4. The number of hydrogen-bond donors (Lipinski definition) is 6. The molecule has 0 atom stereocenters. The molecule has 0 aliphatic heterocycles. The fraction of sp³-hybridized carbons (Fsp3) is 1.00. The molecular weight excluding hydrogens is 266 g/mol. The van der Waals surface area contributed by atoms with Gasteiger partial charge in [-0.2, -0.15) is 0 Å². The van der Waals surface area contributed by atoms with Gasteiger partial charge in [-0.3, -0.25) is 0 Å². The molecule has 0 rings (SSSR count). The molecule has 0 radical (unpaired) electrons. The third kappa shape index (κ3) is 32.3. The summed E-state index contributed by atoms with van der Waals surface area (Å²) in [6.45, 7) is 3.04. The first-order valence-corrected chi connectivity index (χ1v) is 7.56. The van der Waals surface area contributed by atoms with E-state index in [2.05, 4.69) is 0 Å². The Balaban J connectivity index is -0.000000143. The first kappa shape index (κ1) is 19.4. The van der Waals surface area contributed by atoms with Crippen molar-refractivity contribution < 1.29 is 48.3 Å². The van der Waals surface area contributed by atoms with E-state index in [1.807, 2.05) is 0 Å². The van der Waals surface area contributed by atoms with Gasteiger partial charge in [-0.05, 0) is 0 Å². The first-order chi connectivity index (χ1) is 5.12. The fourth-order valence-corrected chi connectivity index (χ4v) is 0. The molecule has 0 aromatic heterocycles. The molecule has 6 nitrogen and oxygen atoms in total. The van der Waals surface area contributed by atoms with Crippen molar-refractivity contribution in [3.8, 4) is 0 Å². The molecule has 0 unspecified atom stereocenters. The van der Waals surface area contributed by atoms with Crippen molar-refractivity contribution in [1.29, 1.82) is 0 Å². The molecule has 0 spiro atoms. The maximum Gasteiger partial charge on any atom is 0.492 e. The van der Waals surface area contributed by atoms with Gasteiger partial charge in [0.25, 0.3) is 0 Å². The van der Waals surface area contributed by atoms with Crippen LogP contribution in [0, 0.1) is 0 Å². The Hall–Kier alpha value is 0.817. The van der Waals surface area contributed by atoms with Crippen molar-refractivity contribution in [3.05, 3.63) is 0 Å². The molecule has 0 aliphatic rings. The maximum absolute atomic E-state index is 8.08. The van der Waals surface area contributed by atoms with E-state index >= 15 is 0 Å². The van der Waals surface area contributed by atoms with Gasteiger partial charge >= 0.3 is 17.6 Å². The van der Waals surface area contributed by atoms with E-state index in [9.17, 15) is 0 Å². The summed E-state index contributed by atoms with van der Waals surface area (Å²) in [5.74, 6) is 0. The van der Waals surface area contributed by atoms with Gasteiger partial charge in [-0.25, -0.2) is 0 Å². The van der Waals surface area contributed by atoms with Gasteiger partial charge in [0.2, 0.25) is 0 Å². The predicted molar refractivity (Wildman–Crippen MR) is 45.8 cm³/mol. The van der Waals surface area contributed by atoms with Crippen LogP contribution in [-0.4, -0.2) is 46.4 Å². The second-order valence-corrected chi connectivity index (χ2v) is 6.77. The molecule has 13 heavy (non-hydrogen) atoms. The van der Waals surface area contributed by atoms with E-state index in [4.69, 9.17) is 28.8 Å². The summed E-state index contributed by atoms with van der Waals surface area (Å²) in [6.07, 6.45) is 0. The van der Waals surface area contributed by atoms with Crippen molar-refractivity contribution in [2.45, 2.75) is 25.9 Å². The topological polar surface area (TPSA) is 121 Å². The fourth-order valence-electron chi connectivity index (χ4n) is 0. The second kappa shape index (κ2) is 8.15. The summed E-state index contributed by atoms with van der Waals surface area (Å²) in [7, 11) is -7.26. The van der Waals surface area contributed by atoms with E-state index in [0.717, 1.165) is 0 Å². The molecule has 0 bridgehead atoms. The molecular formula is C4H16O6Si2Zn. The Labute approximate surface area is 92.0 Å². The molecule has 0 saturated heterocycles. The van der Waals surface area contributed by atoms with E-state index < -0.39 is 17.6 Å². The van der Waals surface area contributed by atoms with Crippen molar-refractivity contribution in [1.82, 2.24) is 0 Å². The zero-order valence-electron chi connectivity index (χ0n) is 7.80. The van der Waals surface area contributed by atoms with Crippen LogP contribution in [-0.2, 0) is 19.5 Å². The molecule has 0 aliphatic carbocycles. The summed E-state index contributed by atoms with van der Waals surface area (Å²) in [5, 5.41) is 0. The Morgan fingerprint density at radius 2 is 0.769 bits per heavy atom. The van der Waals surface area contributed by atoms with Gasteiger partial charge in [-0.15, -0.1) is 0 Å². The molecule has 0 heterocycles. The third-order valence-corrected chi connectivity index (χ3v) is 2.85. The van der Waals surface area contributed by atoms with Gasteiger partial charge in [0.1, 0.15) is 0 Å². The van der Waals surface area contributed by atoms with Crippen LogP contribution in [0.5, 0.6) is 0 Å². The number of hydrogen-bond acceptors (Lipinski definition) is 6.